The molecule has 1 aliphatic carbocycles. The van der Waals surface area contributed by atoms with E-state index in [9.17, 15) is 10.1 Å². The van der Waals surface area contributed by atoms with Gasteiger partial charge in [0.2, 0.25) is 5.91 Å². The summed E-state index contributed by atoms with van der Waals surface area (Å²) < 4.78 is 5.29. The first-order chi connectivity index (χ1) is 11.6. The van der Waals surface area contributed by atoms with Crippen LogP contribution in [0.2, 0.25) is 0 Å². The molecule has 0 fully saturated rings. The summed E-state index contributed by atoms with van der Waals surface area (Å²) in [6.45, 7) is 2.23. The number of carbonyl (C=O) groups excluding carboxylic acids is 1. The lowest BCUT2D eigenvalue weighted by molar-refractivity contribution is -0.115. The fraction of sp³-hybridized carbons (Fsp3) is 0.368. The highest BCUT2D eigenvalue weighted by Crippen LogP contribution is 2.39. The molecule has 0 saturated carbocycles. The van der Waals surface area contributed by atoms with Crippen LogP contribution in [-0.2, 0) is 24.1 Å². The van der Waals surface area contributed by atoms with Crippen molar-refractivity contribution < 1.29 is 9.53 Å². The number of benzene rings is 1. The van der Waals surface area contributed by atoms with E-state index in [1.807, 2.05) is 24.3 Å². The number of thiophene rings is 1. The van der Waals surface area contributed by atoms with E-state index >= 15 is 0 Å². The zero-order valence-electron chi connectivity index (χ0n) is 13.9. The molecule has 1 heterocycles. The van der Waals surface area contributed by atoms with Gasteiger partial charge in [0.15, 0.2) is 0 Å². The Morgan fingerprint density at radius 2 is 2.25 bits per heavy atom. The molecule has 4 nitrogen and oxygen atoms in total. The smallest absolute Gasteiger partial charge is 0.229 e. The van der Waals surface area contributed by atoms with Gasteiger partial charge in [-0.3, -0.25) is 4.79 Å². The minimum absolute atomic E-state index is 0.123. The third-order valence-corrected chi connectivity index (χ3v) is 5.59. The van der Waals surface area contributed by atoms with Crippen LogP contribution in [0.4, 0.5) is 5.00 Å². The number of carbonyl (C=O) groups is 1. The number of hydrogen-bond donors (Lipinski definition) is 1. The molecule has 1 aromatic carbocycles. The lowest BCUT2D eigenvalue weighted by Crippen LogP contribution is -2.15. The molecule has 1 atom stereocenters. The topological polar surface area (TPSA) is 62.1 Å². The average Bonchev–Trinajstić information content (AvgIpc) is 2.91. The summed E-state index contributed by atoms with van der Waals surface area (Å²) in [5.41, 5.74) is 2.62. The number of hydrogen-bond acceptors (Lipinski definition) is 4. The first-order valence-corrected chi connectivity index (χ1v) is 8.90. The van der Waals surface area contributed by atoms with E-state index in [1.54, 1.807) is 18.4 Å². The fourth-order valence-electron chi connectivity index (χ4n) is 3.15. The van der Waals surface area contributed by atoms with Crippen molar-refractivity contribution in [2.24, 2.45) is 5.92 Å². The van der Waals surface area contributed by atoms with Gasteiger partial charge in [-0.25, -0.2) is 0 Å². The second-order valence-electron chi connectivity index (χ2n) is 6.20. The van der Waals surface area contributed by atoms with Gasteiger partial charge in [0.1, 0.15) is 16.8 Å². The number of fused-ring (bicyclic) bond motifs is 1. The van der Waals surface area contributed by atoms with E-state index in [0.717, 1.165) is 30.4 Å². The number of nitriles is 1. The van der Waals surface area contributed by atoms with Gasteiger partial charge in [-0.2, -0.15) is 5.26 Å². The zero-order chi connectivity index (χ0) is 17.1. The van der Waals surface area contributed by atoms with Gasteiger partial charge >= 0.3 is 0 Å². The standard InChI is InChI=1S/C19H20N2O2S/c1-12-7-8-14-15(11-20)19(24-17(14)9-12)21-18(22)10-13-5-3-4-6-16(13)23-2/h3-6,12H,7-10H2,1-2H3,(H,21,22). The third-order valence-electron chi connectivity index (χ3n) is 4.42. The maximum absolute atomic E-state index is 12.4. The predicted octanol–water partition coefficient (Wildman–Crippen LogP) is 3.93. The maximum Gasteiger partial charge on any atom is 0.229 e. The Labute approximate surface area is 146 Å². The Balaban J connectivity index is 1.79. The number of amides is 1. The monoisotopic (exact) mass is 340 g/mol. The molecule has 0 bridgehead atoms. The number of methoxy groups -OCH3 is 1. The van der Waals surface area contributed by atoms with E-state index in [1.165, 1.54) is 4.88 Å². The van der Waals surface area contributed by atoms with E-state index in [-0.39, 0.29) is 12.3 Å². The van der Waals surface area contributed by atoms with E-state index < -0.39 is 0 Å². The van der Waals surface area contributed by atoms with Crippen molar-refractivity contribution in [1.82, 2.24) is 0 Å². The summed E-state index contributed by atoms with van der Waals surface area (Å²) in [6.07, 6.45) is 3.26. The zero-order valence-corrected chi connectivity index (χ0v) is 14.7. The number of rotatable bonds is 4. The van der Waals surface area contributed by atoms with Gasteiger partial charge in [-0.15, -0.1) is 11.3 Å². The predicted molar refractivity (Wildman–Crippen MR) is 95.6 cm³/mol. The SMILES string of the molecule is COc1ccccc1CC(=O)Nc1sc2c(c1C#N)CCC(C)C2. The Kier molecular flexibility index (Phi) is 4.86. The first-order valence-electron chi connectivity index (χ1n) is 8.08. The van der Waals surface area contributed by atoms with Gasteiger partial charge in [-0.05, 0) is 36.8 Å². The van der Waals surface area contributed by atoms with Crippen LogP contribution in [0, 0.1) is 17.2 Å². The lowest BCUT2D eigenvalue weighted by atomic mass is 9.88. The van der Waals surface area contributed by atoms with Crippen LogP contribution in [0.1, 0.15) is 34.9 Å². The minimum Gasteiger partial charge on any atom is -0.496 e. The molecule has 0 spiro atoms. The van der Waals surface area contributed by atoms with Crippen LogP contribution in [0.3, 0.4) is 0 Å². The second kappa shape index (κ2) is 7.06. The van der Waals surface area contributed by atoms with Crippen LogP contribution in [0.5, 0.6) is 5.75 Å². The van der Waals surface area contributed by atoms with Crippen molar-refractivity contribution in [2.75, 3.05) is 12.4 Å². The summed E-state index contributed by atoms with van der Waals surface area (Å²) >= 11 is 1.55. The molecule has 0 saturated heterocycles. The van der Waals surface area contributed by atoms with Crippen molar-refractivity contribution in [3.8, 4) is 11.8 Å². The molecule has 1 amide bonds. The van der Waals surface area contributed by atoms with Crippen LogP contribution >= 0.6 is 11.3 Å². The molecular formula is C19H20N2O2S. The Hall–Kier alpha value is -2.32. The Bertz CT molecular complexity index is 804. The van der Waals surface area contributed by atoms with Crippen molar-refractivity contribution in [3.63, 3.8) is 0 Å². The highest BCUT2D eigenvalue weighted by atomic mass is 32.1. The second-order valence-corrected chi connectivity index (χ2v) is 7.31. The maximum atomic E-state index is 12.4. The van der Waals surface area contributed by atoms with Gasteiger partial charge in [0.25, 0.3) is 0 Å². The first kappa shape index (κ1) is 16.5. The lowest BCUT2D eigenvalue weighted by Gasteiger charge is -2.17. The summed E-state index contributed by atoms with van der Waals surface area (Å²) in [5, 5.41) is 13.1. The van der Waals surface area contributed by atoms with E-state index in [0.29, 0.717) is 22.2 Å². The van der Waals surface area contributed by atoms with Gasteiger partial charge in [0, 0.05) is 10.4 Å². The molecule has 3 rings (SSSR count). The summed E-state index contributed by atoms with van der Waals surface area (Å²) in [7, 11) is 1.60. The van der Waals surface area contributed by atoms with Crippen LogP contribution < -0.4 is 10.1 Å². The van der Waals surface area contributed by atoms with Gasteiger partial charge in [0.05, 0.1) is 19.1 Å². The molecule has 1 N–H and O–H groups in total. The third kappa shape index (κ3) is 3.29. The molecule has 2 aromatic rings. The van der Waals surface area contributed by atoms with E-state index in [2.05, 4.69) is 18.3 Å². The summed E-state index contributed by atoms with van der Waals surface area (Å²) in [5.74, 6) is 1.22. The summed E-state index contributed by atoms with van der Waals surface area (Å²) in [4.78, 5) is 13.7. The number of anilines is 1. The highest BCUT2D eigenvalue weighted by Gasteiger charge is 2.24. The number of nitrogens with one attached hydrogen (secondary N) is 1. The molecule has 1 aliphatic rings. The van der Waals surface area contributed by atoms with Crippen molar-refractivity contribution in [2.45, 2.75) is 32.6 Å². The Morgan fingerprint density at radius 3 is 3.00 bits per heavy atom. The van der Waals surface area contributed by atoms with Crippen molar-refractivity contribution in [1.29, 1.82) is 5.26 Å². The molecule has 1 unspecified atom stereocenters. The van der Waals surface area contributed by atoms with E-state index in [4.69, 9.17) is 4.74 Å². The normalized spacial score (nSPS) is 16.1. The fourth-order valence-corrected chi connectivity index (χ4v) is 4.53. The number of nitrogens with zero attached hydrogens (tertiary/aromatic N) is 1. The molecular weight excluding hydrogens is 320 g/mol. The molecule has 0 aliphatic heterocycles. The Morgan fingerprint density at radius 1 is 1.46 bits per heavy atom. The largest absolute Gasteiger partial charge is 0.496 e. The van der Waals surface area contributed by atoms with Crippen molar-refractivity contribution in [3.05, 3.63) is 45.8 Å². The molecule has 24 heavy (non-hydrogen) atoms. The quantitative estimate of drug-likeness (QED) is 0.917. The van der Waals surface area contributed by atoms with Gasteiger partial charge < -0.3 is 10.1 Å². The van der Waals surface area contributed by atoms with Crippen LogP contribution in [-0.4, -0.2) is 13.0 Å². The number of para-hydroxylation sites is 1. The van der Waals surface area contributed by atoms with Gasteiger partial charge in [-0.1, -0.05) is 25.1 Å². The highest BCUT2D eigenvalue weighted by molar-refractivity contribution is 7.16. The summed E-state index contributed by atoms with van der Waals surface area (Å²) in [6, 6.07) is 9.77. The molecule has 0 radical (unpaired) electrons. The number of ether oxygens (including phenoxy) is 1. The molecule has 1 aromatic heterocycles. The molecule has 124 valence electrons. The average molecular weight is 340 g/mol. The van der Waals surface area contributed by atoms with Crippen LogP contribution in [0.25, 0.3) is 0 Å². The molecule has 5 heteroatoms. The van der Waals surface area contributed by atoms with Crippen molar-refractivity contribution >= 4 is 22.2 Å². The van der Waals surface area contributed by atoms with Crippen LogP contribution in [0.15, 0.2) is 24.3 Å². The minimum atomic E-state index is -0.123.